The van der Waals surface area contributed by atoms with Crippen LogP contribution in [0.3, 0.4) is 0 Å². The molecule has 0 atom stereocenters. The Morgan fingerprint density at radius 2 is 2.03 bits per heavy atom. The number of Topliss-reactive ketones (excluding diaryl/α,β-unsaturated/α-hetero) is 1. The van der Waals surface area contributed by atoms with Crippen LogP contribution in [0.4, 0.5) is 10.6 Å². The molecule has 3 rings (SSSR count). The van der Waals surface area contributed by atoms with Gasteiger partial charge in [-0.1, -0.05) is 11.6 Å². The van der Waals surface area contributed by atoms with Gasteiger partial charge in [0.05, 0.1) is 23.5 Å². The smallest absolute Gasteiger partial charge is 0.415 e. The number of ketones is 1. The second kappa shape index (κ2) is 7.52. The van der Waals surface area contributed by atoms with Gasteiger partial charge in [-0.05, 0) is 20.8 Å². The third-order valence-electron chi connectivity index (χ3n) is 3.80. The molecule has 3 aromatic rings. The van der Waals surface area contributed by atoms with E-state index in [0.717, 1.165) is 0 Å². The monoisotopic (exact) mass is 415 g/mol. The summed E-state index contributed by atoms with van der Waals surface area (Å²) in [6, 6.07) is 3.40. The van der Waals surface area contributed by atoms with E-state index in [9.17, 15) is 9.59 Å². The zero-order valence-corrected chi connectivity index (χ0v) is 17.0. The minimum absolute atomic E-state index is 0.0864. The summed E-state index contributed by atoms with van der Waals surface area (Å²) in [6.45, 7) is 5.16. The van der Waals surface area contributed by atoms with E-state index in [-0.39, 0.29) is 28.7 Å². The molecule has 0 aromatic carbocycles. The Morgan fingerprint density at radius 1 is 1.31 bits per heavy atom. The van der Waals surface area contributed by atoms with E-state index >= 15 is 0 Å². The molecule has 0 N–H and O–H groups in total. The van der Waals surface area contributed by atoms with E-state index in [1.165, 1.54) is 45.8 Å². The Bertz CT molecular complexity index is 1140. The lowest BCUT2D eigenvalue weighted by atomic mass is 10.2. The fourth-order valence-corrected chi connectivity index (χ4v) is 2.70. The fraction of sp³-hybridized carbons (Fsp3) is 0.333. The molecule has 0 fully saturated rings. The molecule has 29 heavy (non-hydrogen) atoms. The van der Waals surface area contributed by atoms with Gasteiger partial charge in [0.15, 0.2) is 11.4 Å². The summed E-state index contributed by atoms with van der Waals surface area (Å²) in [5, 5.41) is 17.1. The van der Waals surface area contributed by atoms with Crippen LogP contribution in [0.15, 0.2) is 24.7 Å². The summed E-state index contributed by atoms with van der Waals surface area (Å²) < 4.78 is 8.06. The molecule has 3 aromatic heterocycles. The number of hydrogen-bond donors (Lipinski definition) is 0. The van der Waals surface area contributed by atoms with Gasteiger partial charge >= 0.3 is 6.09 Å². The summed E-state index contributed by atoms with van der Waals surface area (Å²) in [4.78, 5) is 30.6. The highest BCUT2D eigenvalue weighted by Gasteiger charge is 2.25. The van der Waals surface area contributed by atoms with E-state index in [1.807, 2.05) is 6.07 Å². The van der Waals surface area contributed by atoms with Crippen molar-refractivity contribution < 1.29 is 14.3 Å². The molecule has 1 amide bonds. The molecule has 3 heterocycles. The molecule has 11 heteroatoms. The zero-order chi connectivity index (χ0) is 21.3. The van der Waals surface area contributed by atoms with Crippen LogP contribution in [-0.2, 0) is 11.3 Å². The summed E-state index contributed by atoms with van der Waals surface area (Å²) >= 11 is 6.13. The van der Waals surface area contributed by atoms with Crippen molar-refractivity contribution in [2.75, 3.05) is 11.9 Å². The van der Waals surface area contributed by atoms with E-state index in [2.05, 4.69) is 15.2 Å². The van der Waals surface area contributed by atoms with Crippen LogP contribution in [0.1, 0.15) is 36.7 Å². The maximum absolute atomic E-state index is 12.7. The maximum Gasteiger partial charge on any atom is 0.415 e. The Balaban J connectivity index is 1.95. The van der Waals surface area contributed by atoms with Crippen LogP contribution < -0.4 is 4.90 Å². The van der Waals surface area contributed by atoms with Crippen LogP contribution in [0.25, 0.3) is 5.65 Å². The Hall–Kier alpha value is -3.45. The van der Waals surface area contributed by atoms with Crippen molar-refractivity contribution in [2.24, 2.45) is 0 Å². The number of aromatic nitrogens is 5. The molecule has 0 saturated heterocycles. The minimum Gasteiger partial charge on any atom is -0.443 e. The molecule has 0 radical (unpaired) electrons. The SMILES string of the molecule is CN(C(=O)OC(C)(C)C)c1cc(Cl)nc2c(C(=O)Cn3cc(C#N)cn3)cnn12. The molecular formula is C18H18ClN7O3. The molecular weight excluding hydrogens is 398 g/mol. The van der Waals surface area contributed by atoms with Crippen LogP contribution in [0, 0.1) is 11.3 Å². The number of anilines is 1. The predicted molar refractivity (Wildman–Crippen MR) is 104 cm³/mol. The lowest BCUT2D eigenvalue weighted by molar-refractivity contribution is 0.0587. The first-order chi connectivity index (χ1) is 13.6. The number of ether oxygens (including phenoxy) is 1. The molecule has 0 spiro atoms. The number of hydrogen-bond acceptors (Lipinski definition) is 7. The van der Waals surface area contributed by atoms with Gasteiger partial charge in [-0.2, -0.15) is 20.0 Å². The average molecular weight is 416 g/mol. The van der Waals surface area contributed by atoms with Crippen molar-refractivity contribution in [1.82, 2.24) is 24.4 Å². The van der Waals surface area contributed by atoms with Crippen molar-refractivity contribution >= 4 is 34.9 Å². The number of rotatable bonds is 4. The van der Waals surface area contributed by atoms with E-state index in [4.69, 9.17) is 21.6 Å². The van der Waals surface area contributed by atoms with Crippen molar-refractivity contribution in [2.45, 2.75) is 32.9 Å². The molecule has 0 aliphatic carbocycles. The number of carbonyl (C=O) groups is 2. The maximum atomic E-state index is 12.7. The van der Waals surface area contributed by atoms with Crippen LogP contribution in [0.5, 0.6) is 0 Å². The first-order valence-electron chi connectivity index (χ1n) is 8.56. The Kier molecular flexibility index (Phi) is 5.26. The third-order valence-corrected chi connectivity index (χ3v) is 3.99. The Morgan fingerprint density at radius 3 is 2.66 bits per heavy atom. The summed E-state index contributed by atoms with van der Waals surface area (Å²) in [5.41, 5.74) is 0.0690. The fourth-order valence-electron chi connectivity index (χ4n) is 2.52. The minimum atomic E-state index is -0.682. The van der Waals surface area contributed by atoms with Crippen molar-refractivity contribution in [3.8, 4) is 6.07 Å². The molecule has 150 valence electrons. The third kappa shape index (κ3) is 4.35. The van der Waals surface area contributed by atoms with Gasteiger partial charge in [0.25, 0.3) is 0 Å². The predicted octanol–water partition coefficient (Wildman–Crippen LogP) is 2.71. The van der Waals surface area contributed by atoms with Gasteiger partial charge in [0, 0.05) is 19.3 Å². The first kappa shape index (κ1) is 20.3. The van der Waals surface area contributed by atoms with Crippen molar-refractivity contribution in [3.05, 3.63) is 40.9 Å². The second-order valence-corrected chi connectivity index (χ2v) is 7.62. The molecule has 0 bridgehead atoms. The first-order valence-corrected chi connectivity index (χ1v) is 8.93. The largest absolute Gasteiger partial charge is 0.443 e. The number of nitriles is 1. The van der Waals surface area contributed by atoms with Gasteiger partial charge in [-0.3, -0.25) is 14.4 Å². The summed E-state index contributed by atoms with van der Waals surface area (Å²) in [6.07, 6.45) is 3.57. The number of nitrogens with zero attached hydrogens (tertiary/aromatic N) is 7. The van der Waals surface area contributed by atoms with E-state index in [0.29, 0.717) is 11.4 Å². The highest BCUT2D eigenvalue weighted by Crippen LogP contribution is 2.23. The van der Waals surface area contributed by atoms with E-state index in [1.54, 1.807) is 20.8 Å². The van der Waals surface area contributed by atoms with Gasteiger partial charge in [-0.25, -0.2) is 9.78 Å². The zero-order valence-electron chi connectivity index (χ0n) is 16.2. The van der Waals surface area contributed by atoms with Crippen LogP contribution in [0.2, 0.25) is 5.15 Å². The number of carbonyl (C=O) groups excluding carboxylic acids is 2. The highest BCUT2D eigenvalue weighted by molar-refractivity contribution is 6.30. The highest BCUT2D eigenvalue weighted by atomic mass is 35.5. The normalized spacial score (nSPS) is 11.3. The van der Waals surface area contributed by atoms with Gasteiger partial charge in [0.1, 0.15) is 29.2 Å². The van der Waals surface area contributed by atoms with Crippen LogP contribution in [-0.4, -0.2) is 48.9 Å². The lowest BCUT2D eigenvalue weighted by Gasteiger charge is -2.24. The van der Waals surface area contributed by atoms with Gasteiger partial charge < -0.3 is 4.74 Å². The quantitative estimate of drug-likeness (QED) is 0.474. The summed E-state index contributed by atoms with van der Waals surface area (Å²) in [5.74, 6) is -0.0348. The van der Waals surface area contributed by atoms with Crippen molar-refractivity contribution in [3.63, 3.8) is 0 Å². The second-order valence-electron chi connectivity index (χ2n) is 7.23. The summed E-state index contributed by atoms with van der Waals surface area (Å²) in [7, 11) is 1.51. The van der Waals surface area contributed by atoms with Gasteiger partial charge in [0.2, 0.25) is 0 Å². The molecule has 10 nitrogen and oxygen atoms in total. The lowest BCUT2D eigenvalue weighted by Crippen LogP contribution is -2.35. The average Bonchev–Trinajstić information content (AvgIpc) is 3.25. The van der Waals surface area contributed by atoms with Crippen molar-refractivity contribution in [1.29, 1.82) is 5.26 Å². The van der Waals surface area contributed by atoms with E-state index < -0.39 is 11.7 Å². The van der Waals surface area contributed by atoms with Crippen LogP contribution >= 0.6 is 11.6 Å². The molecule has 0 saturated carbocycles. The Labute approximate surface area is 171 Å². The number of halogens is 1. The van der Waals surface area contributed by atoms with Gasteiger partial charge in [-0.15, -0.1) is 0 Å². The topological polar surface area (TPSA) is 118 Å². The molecule has 0 unspecified atom stereocenters. The molecule has 0 aliphatic heterocycles. The standard InChI is InChI=1S/C18H18ClN7O3/c1-18(2,3)29-17(28)24(4)15-5-14(19)23-16-12(8-22-26(15)16)13(27)10-25-9-11(6-20)7-21-25/h5,7-9H,10H2,1-4H3. The number of fused-ring (bicyclic) bond motifs is 1. The molecule has 0 aliphatic rings. The number of amides is 1.